The van der Waals surface area contributed by atoms with E-state index < -0.39 is 0 Å². The molecule has 0 fully saturated rings. The van der Waals surface area contributed by atoms with Crippen LogP contribution in [0.1, 0.15) is 51.3 Å². The fourth-order valence-electron chi connectivity index (χ4n) is 2.17. The third-order valence-electron chi connectivity index (χ3n) is 3.00. The van der Waals surface area contributed by atoms with E-state index in [1.54, 1.807) is 12.3 Å². The number of hydrogen-bond donors (Lipinski definition) is 0. The number of carbonyl (C=O) groups excluding carboxylic acids is 1. The Bertz CT molecular complexity index is 460. The highest BCUT2D eigenvalue weighted by Crippen LogP contribution is 2.31. The standard InChI is InChI=1S/C13H17ClN2O/c1-9(2)16-13(12(14)8-15-16)10-5-3-4-6-11(17)7-10/h7-9H,3-6H2,1-2H3. The van der Waals surface area contributed by atoms with Crippen molar-refractivity contribution in [3.63, 3.8) is 0 Å². The molecule has 0 aromatic carbocycles. The van der Waals surface area contributed by atoms with Gasteiger partial charge in [-0.25, -0.2) is 0 Å². The molecule has 1 aliphatic rings. The Hall–Kier alpha value is -1.09. The first-order valence-corrected chi connectivity index (χ1v) is 6.44. The number of halogens is 1. The molecule has 0 atom stereocenters. The van der Waals surface area contributed by atoms with Crippen molar-refractivity contribution in [2.24, 2.45) is 0 Å². The van der Waals surface area contributed by atoms with E-state index >= 15 is 0 Å². The molecule has 0 amide bonds. The summed E-state index contributed by atoms with van der Waals surface area (Å²) in [5, 5.41) is 4.92. The molecule has 1 aliphatic carbocycles. The quantitative estimate of drug-likeness (QED) is 0.805. The molecule has 0 radical (unpaired) electrons. The largest absolute Gasteiger partial charge is 0.295 e. The minimum absolute atomic E-state index is 0.199. The van der Waals surface area contributed by atoms with Crippen LogP contribution in [0, 0.1) is 0 Å². The van der Waals surface area contributed by atoms with E-state index in [1.165, 1.54) is 0 Å². The predicted molar refractivity (Wildman–Crippen MR) is 69.1 cm³/mol. The lowest BCUT2D eigenvalue weighted by Crippen LogP contribution is -2.07. The maximum Gasteiger partial charge on any atom is 0.156 e. The van der Waals surface area contributed by atoms with Crippen LogP contribution in [0.25, 0.3) is 5.57 Å². The number of nitrogens with zero attached hydrogens (tertiary/aromatic N) is 2. The molecule has 2 rings (SSSR count). The minimum Gasteiger partial charge on any atom is -0.295 e. The Labute approximate surface area is 106 Å². The molecule has 4 heteroatoms. The predicted octanol–water partition coefficient (Wildman–Crippen LogP) is 3.64. The van der Waals surface area contributed by atoms with E-state index in [0.717, 1.165) is 30.5 Å². The van der Waals surface area contributed by atoms with Crippen molar-refractivity contribution in [3.8, 4) is 0 Å². The molecule has 0 spiro atoms. The third-order valence-corrected chi connectivity index (χ3v) is 3.28. The monoisotopic (exact) mass is 252 g/mol. The zero-order chi connectivity index (χ0) is 12.4. The second-order valence-electron chi connectivity index (χ2n) is 4.72. The zero-order valence-electron chi connectivity index (χ0n) is 10.2. The van der Waals surface area contributed by atoms with Crippen LogP contribution < -0.4 is 0 Å². The highest BCUT2D eigenvalue weighted by molar-refractivity contribution is 6.32. The van der Waals surface area contributed by atoms with Crippen LogP contribution >= 0.6 is 11.6 Å². The number of ketones is 1. The van der Waals surface area contributed by atoms with Gasteiger partial charge in [0.15, 0.2) is 5.78 Å². The van der Waals surface area contributed by atoms with Crippen LogP contribution in [0.2, 0.25) is 5.02 Å². The van der Waals surface area contributed by atoms with Gasteiger partial charge in [-0.2, -0.15) is 5.10 Å². The molecule has 17 heavy (non-hydrogen) atoms. The summed E-state index contributed by atoms with van der Waals surface area (Å²) in [6, 6.07) is 0.247. The molecule has 1 aromatic rings. The SMILES string of the molecule is CC(C)n1ncc(Cl)c1C1=CC(=O)CCCC1. The highest BCUT2D eigenvalue weighted by Gasteiger charge is 2.18. The summed E-state index contributed by atoms with van der Waals surface area (Å²) in [6.07, 6.45) is 6.96. The summed E-state index contributed by atoms with van der Waals surface area (Å²) in [4.78, 5) is 11.6. The molecule has 0 saturated heterocycles. The van der Waals surface area contributed by atoms with E-state index in [1.807, 2.05) is 4.68 Å². The average molecular weight is 253 g/mol. The zero-order valence-corrected chi connectivity index (χ0v) is 11.0. The Morgan fingerprint density at radius 3 is 2.76 bits per heavy atom. The number of hydrogen-bond acceptors (Lipinski definition) is 2. The molecule has 0 bridgehead atoms. The van der Waals surface area contributed by atoms with E-state index in [0.29, 0.717) is 11.4 Å². The summed E-state index contributed by atoms with van der Waals surface area (Å²) < 4.78 is 1.90. The smallest absolute Gasteiger partial charge is 0.156 e. The number of carbonyl (C=O) groups is 1. The van der Waals surface area contributed by atoms with Crippen LogP contribution in [0.5, 0.6) is 0 Å². The molecule has 1 heterocycles. The van der Waals surface area contributed by atoms with E-state index in [2.05, 4.69) is 18.9 Å². The van der Waals surface area contributed by atoms with Gasteiger partial charge >= 0.3 is 0 Å². The summed E-state index contributed by atoms with van der Waals surface area (Å²) >= 11 is 6.19. The van der Waals surface area contributed by atoms with Crippen molar-refractivity contribution in [1.29, 1.82) is 0 Å². The first kappa shape index (κ1) is 12.4. The van der Waals surface area contributed by atoms with Crippen LogP contribution in [-0.2, 0) is 4.79 Å². The van der Waals surface area contributed by atoms with Gasteiger partial charge in [-0.05, 0) is 44.8 Å². The molecule has 0 aliphatic heterocycles. The van der Waals surface area contributed by atoms with Crippen LogP contribution in [0.4, 0.5) is 0 Å². The fraction of sp³-hybridized carbons (Fsp3) is 0.538. The van der Waals surface area contributed by atoms with Crippen molar-refractivity contribution < 1.29 is 4.79 Å². The Kier molecular flexibility index (Phi) is 3.67. The first-order valence-electron chi connectivity index (χ1n) is 6.06. The third kappa shape index (κ3) is 2.60. The van der Waals surface area contributed by atoms with Gasteiger partial charge in [0.2, 0.25) is 0 Å². The minimum atomic E-state index is 0.199. The van der Waals surface area contributed by atoms with Gasteiger partial charge in [0, 0.05) is 12.5 Å². The van der Waals surface area contributed by atoms with Crippen LogP contribution in [0.3, 0.4) is 0 Å². The molecule has 92 valence electrons. The van der Waals surface area contributed by atoms with Gasteiger partial charge in [0.05, 0.1) is 16.9 Å². The van der Waals surface area contributed by atoms with E-state index in [-0.39, 0.29) is 11.8 Å². The fourth-order valence-corrected chi connectivity index (χ4v) is 2.42. The second-order valence-corrected chi connectivity index (χ2v) is 5.13. The van der Waals surface area contributed by atoms with Crippen molar-refractivity contribution in [2.45, 2.75) is 45.6 Å². The van der Waals surface area contributed by atoms with Crippen LogP contribution in [-0.4, -0.2) is 15.6 Å². The maximum atomic E-state index is 11.6. The van der Waals surface area contributed by atoms with Gasteiger partial charge in [0.25, 0.3) is 0 Å². The summed E-state index contributed by atoms with van der Waals surface area (Å²) in [6.45, 7) is 4.12. The van der Waals surface area contributed by atoms with Gasteiger partial charge in [0.1, 0.15) is 0 Å². The molecule has 0 saturated carbocycles. The molecular weight excluding hydrogens is 236 g/mol. The summed E-state index contributed by atoms with van der Waals surface area (Å²) in [5.74, 6) is 0.199. The van der Waals surface area contributed by atoms with Crippen molar-refractivity contribution in [1.82, 2.24) is 9.78 Å². The normalized spacial score (nSPS) is 17.2. The molecular formula is C13H17ClN2O. The van der Waals surface area contributed by atoms with Crippen LogP contribution in [0.15, 0.2) is 12.3 Å². The van der Waals surface area contributed by atoms with Gasteiger partial charge in [-0.1, -0.05) is 11.6 Å². The lowest BCUT2D eigenvalue weighted by molar-refractivity contribution is -0.114. The summed E-state index contributed by atoms with van der Waals surface area (Å²) in [5.41, 5.74) is 1.95. The molecule has 3 nitrogen and oxygen atoms in total. The number of rotatable bonds is 2. The van der Waals surface area contributed by atoms with Gasteiger partial charge in [-0.3, -0.25) is 9.48 Å². The number of allylic oxidation sites excluding steroid dienone is 2. The topological polar surface area (TPSA) is 34.9 Å². The summed E-state index contributed by atoms with van der Waals surface area (Å²) in [7, 11) is 0. The van der Waals surface area contributed by atoms with Crippen molar-refractivity contribution in [3.05, 3.63) is 23.0 Å². The number of aromatic nitrogens is 2. The Morgan fingerprint density at radius 2 is 2.06 bits per heavy atom. The lowest BCUT2D eigenvalue weighted by Gasteiger charge is -2.13. The Balaban J connectivity index is 2.44. The highest BCUT2D eigenvalue weighted by atomic mass is 35.5. The van der Waals surface area contributed by atoms with Crippen molar-refractivity contribution >= 4 is 23.0 Å². The average Bonchev–Trinajstić information content (AvgIpc) is 2.52. The van der Waals surface area contributed by atoms with E-state index in [4.69, 9.17) is 11.6 Å². The van der Waals surface area contributed by atoms with Crippen molar-refractivity contribution in [2.75, 3.05) is 0 Å². The van der Waals surface area contributed by atoms with E-state index in [9.17, 15) is 4.79 Å². The second kappa shape index (κ2) is 5.05. The maximum absolute atomic E-state index is 11.6. The first-order chi connectivity index (χ1) is 8.09. The Morgan fingerprint density at radius 1 is 1.35 bits per heavy atom. The lowest BCUT2D eigenvalue weighted by atomic mass is 10.1. The van der Waals surface area contributed by atoms with Gasteiger partial charge < -0.3 is 0 Å². The molecule has 1 aromatic heterocycles. The van der Waals surface area contributed by atoms with Gasteiger partial charge in [-0.15, -0.1) is 0 Å². The molecule has 0 unspecified atom stereocenters. The molecule has 0 N–H and O–H groups in total.